The molecule has 38 heavy (non-hydrogen) atoms. The molecule has 2 aromatic rings. The second-order valence-electron chi connectivity index (χ2n) is 9.61. The molecule has 1 amide bonds. The number of aromatic nitrogens is 1. The Balaban J connectivity index is 1.77. The van der Waals surface area contributed by atoms with Crippen LogP contribution in [0, 0.1) is 5.92 Å². The number of benzene rings is 1. The van der Waals surface area contributed by atoms with Crippen LogP contribution in [0.2, 0.25) is 0 Å². The molecule has 0 aliphatic heterocycles. The zero-order valence-corrected chi connectivity index (χ0v) is 23.6. The summed E-state index contributed by atoms with van der Waals surface area (Å²) in [5.74, 6) is -0.586. The van der Waals surface area contributed by atoms with Crippen LogP contribution in [-0.4, -0.2) is 35.9 Å². The molecule has 1 fully saturated rings. The molecule has 7 nitrogen and oxygen atoms in total. The zero-order chi connectivity index (χ0) is 27.5. The smallest absolute Gasteiger partial charge is 0.333 e. The molecule has 0 radical (unpaired) electrons. The van der Waals surface area contributed by atoms with E-state index in [1.165, 1.54) is 11.3 Å². The van der Waals surface area contributed by atoms with Crippen LogP contribution in [0.5, 0.6) is 5.75 Å². The first kappa shape index (κ1) is 29.3. The number of amides is 1. The Morgan fingerprint density at radius 3 is 2.53 bits per heavy atom. The monoisotopic (exact) mass is 538 g/mol. The topological polar surface area (TPSA) is 94.6 Å². The van der Waals surface area contributed by atoms with Gasteiger partial charge in [0.25, 0.3) is 5.91 Å². The van der Waals surface area contributed by atoms with Crippen LogP contribution in [0.15, 0.2) is 46.9 Å². The van der Waals surface area contributed by atoms with E-state index >= 15 is 0 Å². The van der Waals surface area contributed by atoms with Crippen LogP contribution in [-0.2, 0) is 25.5 Å². The number of esters is 1. The number of nitrogens with zero attached hydrogens (tertiary/aromatic N) is 1. The van der Waals surface area contributed by atoms with Crippen LogP contribution >= 0.6 is 11.3 Å². The number of ether oxygens (including phenoxy) is 2. The summed E-state index contributed by atoms with van der Waals surface area (Å²) in [6, 6.07) is 7.38. The van der Waals surface area contributed by atoms with Gasteiger partial charge in [0, 0.05) is 16.9 Å². The normalized spacial score (nSPS) is 14.9. The first-order valence-electron chi connectivity index (χ1n) is 13.4. The van der Waals surface area contributed by atoms with Crippen LogP contribution in [0.1, 0.15) is 82.1 Å². The van der Waals surface area contributed by atoms with Crippen molar-refractivity contribution >= 4 is 35.1 Å². The van der Waals surface area contributed by atoms with Crippen LogP contribution in [0.4, 0.5) is 0 Å². The van der Waals surface area contributed by atoms with Crippen molar-refractivity contribution < 1.29 is 23.9 Å². The fraction of sp³-hybridized carbons (Fsp3) is 0.467. The van der Waals surface area contributed by atoms with E-state index in [2.05, 4.69) is 12.2 Å². The molecule has 1 aromatic heterocycles. The van der Waals surface area contributed by atoms with Crippen molar-refractivity contribution in [2.75, 3.05) is 13.2 Å². The third-order valence-corrected chi connectivity index (χ3v) is 7.37. The van der Waals surface area contributed by atoms with Gasteiger partial charge in [-0.1, -0.05) is 31.9 Å². The molecule has 0 saturated heterocycles. The maximum atomic E-state index is 12.8. The number of rotatable bonds is 14. The molecule has 1 aromatic carbocycles. The number of hydrogen-bond acceptors (Lipinski definition) is 7. The van der Waals surface area contributed by atoms with Crippen molar-refractivity contribution in [1.29, 1.82) is 0 Å². The third kappa shape index (κ3) is 8.65. The van der Waals surface area contributed by atoms with Gasteiger partial charge in [-0.2, -0.15) is 0 Å². The molecule has 1 aliphatic carbocycles. The van der Waals surface area contributed by atoms with Gasteiger partial charge in [0.15, 0.2) is 0 Å². The van der Waals surface area contributed by atoms with Gasteiger partial charge < -0.3 is 14.8 Å². The van der Waals surface area contributed by atoms with Gasteiger partial charge in [-0.25, -0.2) is 9.78 Å². The molecule has 1 N–H and O–H groups in total. The molecular weight excluding hydrogens is 500 g/mol. The summed E-state index contributed by atoms with van der Waals surface area (Å²) in [5.41, 5.74) is 3.09. The summed E-state index contributed by atoms with van der Waals surface area (Å²) < 4.78 is 10.8. The Morgan fingerprint density at radius 1 is 1.16 bits per heavy atom. The minimum atomic E-state index is -0.546. The Hall–Kier alpha value is -3.26. The summed E-state index contributed by atoms with van der Waals surface area (Å²) >= 11 is 1.43. The Bertz CT molecular complexity index is 1160. The molecule has 1 atom stereocenters. The molecule has 1 heterocycles. The first-order valence-corrected chi connectivity index (χ1v) is 14.2. The predicted octanol–water partition coefficient (Wildman–Crippen LogP) is 6.00. The van der Waals surface area contributed by atoms with Crippen molar-refractivity contribution in [3.05, 3.63) is 63.1 Å². The fourth-order valence-electron chi connectivity index (χ4n) is 4.02. The molecule has 8 heteroatoms. The van der Waals surface area contributed by atoms with E-state index in [1.807, 2.05) is 42.6 Å². The van der Waals surface area contributed by atoms with E-state index in [0.717, 1.165) is 54.7 Å². The Labute approximate surface area is 229 Å². The lowest BCUT2D eigenvalue weighted by Crippen LogP contribution is -2.40. The van der Waals surface area contributed by atoms with Crippen molar-refractivity contribution in [1.82, 2.24) is 10.3 Å². The fourth-order valence-corrected chi connectivity index (χ4v) is 4.85. The zero-order valence-electron chi connectivity index (χ0n) is 22.7. The summed E-state index contributed by atoms with van der Waals surface area (Å²) in [6.45, 7) is 8.51. The lowest BCUT2D eigenvalue weighted by molar-refractivity contribution is -0.142. The second kappa shape index (κ2) is 14.6. The highest BCUT2D eigenvalue weighted by atomic mass is 32.1. The molecule has 1 saturated carbocycles. The predicted molar refractivity (Wildman–Crippen MR) is 150 cm³/mol. The number of carbonyl (C=O) groups is 3. The number of nitrogens with one attached hydrogen (secondary N) is 1. The number of Topliss-reactive ketones (excluding diaryl/α,β-unsaturated/α-hetero) is 1. The minimum absolute atomic E-state index is 0.165. The average Bonchev–Trinajstić information content (AvgIpc) is 3.32. The lowest BCUT2D eigenvalue weighted by atomic mass is 9.82. The van der Waals surface area contributed by atoms with Crippen molar-refractivity contribution in [3.8, 4) is 5.75 Å². The summed E-state index contributed by atoms with van der Waals surface area (Å²) in [7, 11) is 0. The van der Waals surface area contributed by atoms with Gasteiger partial charge in [-0.3, -0.25) is 9.59 Å². The van der Waals surface area contributed by atoms with Gasteiger partial charge in [0.2, 0.25) is 5.78 Å². The number of ketones is 1. The second-order valence-corrected chi connectivity index (χ2v) is 10.5. The number of hydrogen-bond donors (Lipinski definition) is 1. The molecule has 204 valence electrons. The summed E-state index contributed by atoms with van der Waals surface area (Å²) in [6.07, 6.45) is 8.76. The van der Waals surface area contributed by atoms with Crippen molar-refractivity contribution in [2.45, 2.75) is 72.3 Å². The lowest BCUT2D eigenvalue weighted by Gasteiger charge is -2.24. The molecular formula is C30H38N2O5S. The third-order valence-electron chi connectivity index (χ3n) is 6.39. The highest BCUT2D eigenvalue weighted by Gasteiger charge is 2.32. The number of unbranched alkanes of at least 4 members (excludes halogenated alkanes) is 1. The SMILES string of the molecule is CCCCOc1ccc(C[C@H](NC(=O)C(=O)C2CCC2)c2nc(/C=C(C)/C=C(/C)C(=O)OCC)cs2)cc1. The van der Waals surface area contributed by atoms with E-state index in [4.69, 9.17) is 14.5 Å². The highest BCUT2D eigenvalue weighted by Crippen LogP contribution is 2.29. The number of thiazole rings is 1. The van der Waals surface area contributed by atoms with E-state index < -0.39 is 11.9 Å². The van der Waals surface area contributed by atoms with Crippen LogP contribution in [0.25, 0.3) is 6.08 Å². The van der Waals surface area contributed by atoms with Crippen molar-refractivity contribution in [2.24, 2.45) is 5.92 Å². The van der Waals surface area contributed by atoms with Gasteiger partial charge in [0.05, 0.1) is 24.9 Å². The van der Waals surface area contributed by atoms with Crippen molar-refractivity contribution in [3.63, 3.8) is 0 Å². The Morgan fingerprint density at radius 2 is 1.89 bits per heavy atom. The highest BCUT2D eigenvalue weighted by molar-refractivity contribution is 7.09. The maximum absolute atomic E-state index is 12.8. The largest absolute Gasteiger partial charge is 0.494 e. The standard InChI is InChI=1S/C30H38N2O5S/c1-5-7-15-37-25-13-11-22(12-14-25)18-26(32-28(34)27(33)23-9-8-10-23)29-31-24(19-38-29)17-20(3)16-21(4)30(35)36-6-2/h11-14,16-17,19,23,26H,5-10,15,18H2,1-4H3,(H,32,34)/b20-17+,21-16-/t26-/m0/s1. The van der Waals surface area contributed by atoms with E-state index in [-0.39, 0.29) is 17.7 Å². The van der Waals surface area contributed by atoms with Crippen LogP contribution in [0.3, 0.4) is 0 Å². The van der Waals surface area contributed by atoms with Gasteiger partial charge in [-0.05, 0) is 81.9 Å². The minimum Gasteiger partial charge on any atom is -0.494 e. The average molecular weight is 539 g/mol. The van der Waals surface area contributed by atoms with Gasteiger partial charge >= 0.3 is 5.97 Å². The molecule has 0 unspecified atom stereocenters. The van der Waals surface area contributed by atoms with E-state index in [9.17, 15) is 14.4 Å². The van der Waals surface area contributed by atoms with E-state index in [0.29, 0.717) is 30.2 Å². The molecule has 1 aliphatic rings. The molecule has 3 rings (SSSR count). The number of allylic oxidation sites excluding steroid dienone is 2. The summed E-state index contributed by atoms with van der Waals surface area (Å²) in [5, 5.41) is 5.57. The Kier molecular flexibility index (Phi) is 11.3. The molecule has 0 bridgehead atoms. The maximum Gasteiger partial charge on any atom is 0.333 e. The van der Waals surface area contributed by atoms with E-state index in [1.54, 1.807) is 19.9 Å². The quantitative estimate of drug-likeness (QED) is 0.104. The number of carbonyl (C=O) groups excluding carboxylic acids is 3. The summed E-state index contributed by atoms with van der Waals surface area (Å²) in [4.78, 5) is 42.0. The molecule has 0 spiro atoms. The first-order chi connectivity index (χ1) is 18.3. The van der Waals surface area contributed by atoms with Crippen LogP contribution < -0.4 is 10.1 Å². The van der Waals surface area contributed by atoms with Gasteiger partial charge in [0.1, 0.15) is 10.8 Å². The van der Waals surface area contributed by atoms with Gasteiger partial charge in [-0.15, -0.1) is 11.3 Å².